The van der Waals surface area contributed by atoms with Crippen molar-refractivity contribution in [2.45, 2.75) is 39.7 Å². The molecule has 4 heteroatoms. The van der Waals surface area contributed by atoms with Crippen molar-refractivity contribution in [3.05, 3.63) is 53.9 Å². The van der Waals surface area contributed by atoms with Gasteiger partial charge in [-0.25, -0.2) is 0 Å². The molecule has 0 radical (unpaired) electrons. The Morgan fingerprint density at radius 3 is 2.64 bits per heavy atom. The van der Waals surface area contributed by atoms with E-state index in [1.165, 1.54) is 0 Å². The summed E-state index contributed by atoms with van der Waals surface area (Å²) in [6.45, 7) is 7.98. The van der Waals surface area contributed by atoms with Gasteiger partial charge in [0.05, 0.1) is 11.9 Å². The zero-order valence-electron chi connectivity index (χ0n) is 13.5. The molecule has 0 spiro atoms. The predicted octanol–water partition coefficient (Wildman–Crippen LogP) is 3.92. The van der Waals surface area contributed by atoms with Gasteiger partial charge in [-0.05, 0) is 49.1 Å². The molecule has 22 heavy (non-hydrogen) atoms. The highest BCUT2D eigenvalue weighted by atomic mass is 16.5. The van der Waals surface area contributed by atoms with Crippen molar-refractivity contribution < 1.29 is 9.53 Å². The average molecular weight is 298 g/mol. The molecule has 2 aromatic rings. The van der Waals surface area contributed by atoms with E-state index in [1.54, 1.807) is 31.5 Å². The number of anilines is 1. The zero-order valence-corrected chi connectivity index (χ0v) is 13.5. The van der Waals surface area contributed by atoms with Gasteiger partial charge in [0.15, 0.2) is 6.10 Å². The van der Waals surface area contributed by atoms with E-state index < -0.39 is 6.10 Å². The van der Waals surface area contributed by atoms with Crippen molar-refractivity contribution in [3.63, 3.8) is 0 Å². The maximum atomic E-state index is 12.2. The van der Waals surface area contributed by atoms with E-state index in [2.05, 4.69) is 36.3 Å². The number of amides is 1. The highest BCUT2D eigenvalue weighted by Gasteiger charge is 2.17. The van der Waals surface area contributed by atoms with Crippen molar-refractivity contribution in [1.29, 1.82) is 0 Å². The number of aromatic nitrogens is 1. The van der Waals surface area contributed by atoms with E-state index in [4.69, 9.17) is 4.74 Å². The maximum Gasteiger partial charge on any atom is 0.265 e. The summed E-state index contributed by atoms with van der Waals surface area (Å²) in [5.41, 5.74) is 2.88. The first-order chi connectivity index (χ1) is 10.5. The summed E-state index contributed by atoms with van der Waals surface area (Å²) in [7, 11) is 0. The Morgan fingerprint density at radius 2 is 2.00 bits per heavy atom. The molecule has 2 rings (SSSR count). The van der Waals surface area contributed by atoms with Gasteiger partial charge in [0.25, 0.3) is 5.91 Å². The SMILES string of the molecule is Cc1ccc(C(C)C)c(OC(C)C(=O)Nc2cccnc2)c1. The van der Waals surface area contributed by atoms with Gasteiger partial charge in [0.2, 0.25) is 0 Å². The predicted molar refractivity (Wildman–Crippen MR) is 88.2 cm³/mol. The van der Waals surface area contributed by atoms with Gasteiger partial charge < -0.3 is 10.1 Å². The van der Waals surface area contributed by atoms with E-state index in [0.29, 0.717) is 11.6 Å². The molecule has 4 nitrogen and oxygen atoms in total. The molecular formula is C18H22N2O2. The van der Waals surface area contributed by atoms with Gasteiger partial charge in [-0.3, -0.25) is 9.78 Å². The molecule has 1 heterocycles. The molecule has 0 saturated heterocycles. The second-order valence-electron chi connectivity index (χ2n) is 5.69. The van der Waals surface area contributed by atoms with E-state index in [0.717, 1.165) is 16.9 Å². The van der Waals surface area contributed by atoms with Crippen molar-refractivity contribution in [1.82, 2.24) is 4.98 Å². The topological polar surface area (TPSA) is 51.2 Å². The van der Waals surface area contributed by atoms with Crippen LogP contribution in [0.4, 0.5) is 5.69 Å². The molecule has 0 bridgehead atoms. The molecule has 0 saturated carbocycles. The molecule has 0 aliphatic carbocycles. The quantitative estimate of drug-likeness (QED) is 0.910. The third kappa shape index (κ3) is 4.07. The fraction of sp³-hybridized carbons (Fsp3) is 0.333. The number of nitrogens with one attached hydrogen (secondary N) is 1. The van der Waals surface area contributed by atoms with Crippen LogP contribution in [0.3, 0.4) is 0 Å². The molecule has 1 N–H and O–H groups in total. The van der Waals surface area contributed by atoms with Crippen LogP contribution in [0.1, 0.15) is 37.8 Å². The lowest BCUT2D eigenvalue weighted by molar-refractivity contribution is -0.122. The first-order valence-electron chi connectivity index (χ1n) is 7.45. The van der Waals surface area contributed by atoms with Crippen molar-refractivity contribution in [2.24, 2.45) is 0 Å². The Labute approximate surface area is 131 Å². The Balaban J connectivity index is 2.10. The number of benzene rings is 1. The average Bonchev–Trinajstić information content (AvgIpc) is 2.48. The highest BCUT2D eigenvalue weighted by Crippen LogP contribution is 2.28. The normalized spacial score (nSPS) is 12.0. The van der Waals surface area contributed by atoms with Crippen LogP contribution < -0.4 is 10.1 Å². The van der Waals surface area contributed by atoms with Crippen LogP contribution in [0.2, 0.25) is 0 Å². The van der Waals surface area contributed by atoms with Crippen LogP contribution in [-0.4, -0.2) is 17.0 Å². The first-order valence-corrected chi connectivity index (χ1v) is 7.45. The molecule has 1 amide bonds. The van der Waals surface area contributed by atoms with Crippen LogP contribution in [0.15, 0.2) is 42.7 Å². The fourth-order valence-electron chi connectivity index (χ4n) is 2.15. The molecule has 0 aliphatic rings. The molecule has 1 aromatic carbocycles. The minimum Gasteiger partial charge on any atom is -0.481 e. The standard InChI is InChI=1S/C18H22N2O2/c1-12(2)16-8-7-13(3)10-17(16)22-14(4)18(21)20-15-6-5-9-19-11-15/h5-12,14H,1-4H3,(H,20,21). The minimum absolute atomic E-state index is 0.191. The molecule has 1 aromatic heterocycles. The number of rotatable bonds is 5. The van der Waals surface area contributed by atoms with Gasteiger partial charge in [0.1, 0.15) is 5.75 Å². The second kappa shape index (κ2) is 7.07. The van der Waals surface area contributed by atoms with E-state index >= 15 is 0 Å². The lowest BCUT2D eigenvalue weighted by atomic mass is 10.0. The molecular weight excluding hydrogens is 276 g/mol. The maximum absolute atomic E-state index is 12.2. The van der Waals surface area contributed by atoms with Crippen LogP contribution in [0.5, 0.6) is 5.75 Å². The molecule has 1 unspecified atom stereocenters. The second-order valence-corrected chi connectivity index (χ2v) is 5.69. The van der Waals surface area contributed by atoms with Crippen molar-refractivity contribution in [3.8, 4) is 5.75 Å². The summed E-state index contributed by atoms with van der Waals surface area (Å²) in [5.74, 6) is 0.914. The number of hydrogen-bond donors (Lipinski definition) is 1. The number of aryl methyl sites for hydroxylation is 1. The van der Waals surface area contributed by atoms with Crippen molar-refractivity contribution >= 4 is 11.6 Å². The number of nitrogens with zero attached hydrogens (tertiary/aromatic N) is 1. The summed E-state index contributed by atoms with van der Waals surface area (Å²) >= 11 is 0. The van der Waals surface area contributed by atoms with Crippen LogP contribution >= 0.6 is 0 Å². The lowest BCUT2D eigenvalue weighted by Crippen LogP contribution is -2.30. The largest absolute Gasteiger partial charge is 0.481 e. The third-order valence-corrected chi connectivity index (χ3v) is 3.39. The van der Waals surface area contributed by atoms with E-state index in [-0.39, 0.29) is 5.91 Å². The smallest absolute Gasteiger partial charge is 0.265 e. The van der Waals surface area contributed by atoms with Gasteiger partial charge in [0, 0.05) is 6.20 Å². The minimum atomic E-state index is -0.584. The van der Waals surface area contributed by atoms with Crippen LogP contribution in [0, 0.1) is 6.92 Å². The molecule has 0 aliphatic heterocycles. The Bertz CT molecular complexity index is 639. The summed E-state index contributed by atoms with van der Waals surface area (Å²) in [6, 6.07) is 9.66. The van der Waals surface area contributed by atoms with Crippen LogP contribution in [0.25, 0.3) is 0 Å². The first kappa shape index (κ1) is 16.0. The number of carbonyl (C=O) groups excluding carboxylic acids is 1. The van der Waals surface area contributed by atoms with E-state index in [1.807, 2.05) is 13.0 Å². The van der Waals surface area contributed by atoms with Gasteiger partial charge in [-0.2, -0.15) is 0 Å². The van der Waals surface area contributed by atoms with Crippen LogP contribution in [-0.2, 0) is 4.79 Å². The monoisotopic (exact) mass is 298 g/mol. The van der Waals surface area contributed by atoms with Gasteiger partial charge in [-0.1, -0.05) is 26.0 Å². The van der Waals surface area contributed by atoms with Gasteiger partial charge >= 0.3 is 0 Å². The Morgan fingerprint density at radius 1 is 1.23 bits per heavy atom. The van der Waals surface area contributed by atoms with Gasteiger partial charge in [-0.15, -0.1) is 0 Å². The number of carbonyl (C=O) groups is 1. The van der Waals surface area contributed by atoms with Crippen molar-refractivity contribution in [2.75, 3.05) is 5.32 Å². The van der Waals surface area contributed by atoms with E-state index in [9.17, 15) is 4.79 Å². The number of hydrogen-bond acceptors (Lipinski definition) is 3. The summed E-state index contributed by atoms with van der Waals surface area (Å²) in [4.78, 5) is 16.2. The molecule has 0 fully saturated rings. The summed E-state index contributed by atoms with van der Waals surface area (Å²) < 4.78 is 5.89. The number of ether oxygens (including phenoxy) is 1. The molecule has 1 atom stereocenters. The lowest BCUT2D eigenvalue weighted by Gasteiger charge is -2.19. The summed E-state index contributed by atoms with van der Waals surface area (Å²) in [6.07, 6.45) is 2.69. The highest BCUT2D eigenvalue weighted by molar-refractivity contribution is 5.93. The summed E-state index contributed by atoms with van der Waals surface area (Å²) in [5, 5.41) is 2.80. The molecule has 116 valence electrons. The Kier molecular flexibility index (Phi) is 5.15. The zero-order chi connectivity index (χ0) is 16.1. The Hall–Kier alpha value is -2.36. The third-order valence-electron chi connectivity index (χ3n) is 3.39. The number of pyridine rings is 1. The fourth-order valence-corrected chi connectivity index (χ4v) is 2.15.